The molecule has 0 aliphatic carbocycles. The van der Waals surface area contributed by atoms with E-state index >= 15 is 0 Å². The topological polar surface area (TPSA) is 98.5 Å². The van der Waals surface area contributed by atoms with Crippen molar-refractivity contribution in [3.05, 3.63) is 34.8 Å². The fourth-order valence-electron chi connectivity index (χ4n) is 0.899. The van der Waals surface area contributed by atoms with Crippen LogP contribution in [0.25, 0.3) is 6.08 Å². The lowest BCUT2D eigenvalue weighted by Gasteiger charge is -2.04. The average molecular weight is 242 g/mol. The minimum absolute atomic E-state index is 0.116. The summed E-state index contributed by atoms with van der Waals surface area (Å²) in [6, 6.07) is 1.76. The first-order valence-corrected chi connectivity index (χ1v) is 4.75. The zero-order chi connectivity index (χ0) is 12.0. The number of pyridine rings is 1. The summed E-state index contributed by atoms with van der Waals surface area (Å²) in [5.41, 5.74) is 13.2. The third-order valence-corrected chi connectivity index (χ3v) is 1.86. The van der Waals surface area contributed by atoms with E-state index in [1.807, 2.05) is 0 Å². The molecule has 0 unspecified atom stereocenters. The first-order valence-electron chi connectivity index (χ1n) is 4.38. The molecule has 0 aliphatic rings. The van der Waals surface area contributed by atoms with Crippen molar-refractivity contribution in [2.45, 2.75) is 6.92 Å². The monoisotopic (exact) mass is 241 g/mol. The Balaban J connectivity index is 2.63. The minimum Gasteiger partial charge on any atom is -0.370 e. The molecule has 16 heavy (non-hydrogen) atoms. The van der Waals surface area contributed by atoms with Crippen molar-refractivity contribution in [2.75, 3.05) is 0 Å². The van der Waals surface area contributed by atoms with E-state index in [0.29, 0.717) is 10.8 Å². The van der Waals surface area contributed by atoms with Crippen LogP contribution >= 0.6 is 11.6 Å². The van der Waals surface area contributed by atoms with Crippen molar-refractivity contribution in [1.29, 1.82) is 0 Å². The predicted molar refractivity (Wildman–Crippen MR) is 62.9 cm³/mol. The lowest BCUT2D eigenvalue weighted by Crippen LogP contribution is -2.26. The Hall–Kier alpha value is -1.95. The van der Waals surface area contributed by atoms with Gasteiger partial charge in [0.05, 0.1) is 5.02 Å². The van der Waals surface area contributed by atoms with E-state index < -0.39 is 0 Å². The Kier molecular flexibility index (Phi) is 4.41. The van der Waals surface area contributed by atoms with E-state index in [9.17, 15) is 0 Å². The summed E-state index contributed by atoms with van der Waals surface area (Å²) >= 11 is 5.90. The van der Waals surface area contributed by atoms with Crippen molar-refractivity contribution < 1.29 is 4.84 Å². The van der Waals surface area contributed by atoms with Crippen LogP contribution in [0.4, 0.5) is 0 Å². The quantitative estimate of drug-likeness (QED) is 0.314. The van der Waals surface area contributed by atoms with Crippen LogP contribution in [0.3, 0.4) is 0 Å². The number of nitrogens with two attached hydrogens (primary N) is 2. The Morgan fingerprint density at radius 1 is 1.62 bits per heavy atom. The van der Waals surface area contributed by atoms with E-state index in [2.05, 4.69) is 15.7 Å². The van der Waals surface area contributed by atoms with Crippen molar-refractivity contribution >= 4 is 23.6 Å². The zero-order valence-electron chi connectivity index (χ0n) is 8.64. The summed E-state index contributed by atoms with van der Waals surface area (Å²) in [5.74, 6) is 0.438. The number of hydrogen-bond acceptors (Lipinski definition) is 4. The summed E-state index contributed by atoms with van der Waals surface area (Å²) in [6.45, 7) is 1.73. The molecule has 1 aromatic heterocycles. The van der Waals surface area contributed by atoms with Gasteiger partial charge in [0.15, 0.2) is 0 Å². The van der Waals surface area contributed by atoms with Gasteiger partial charge in [0.1, 0.15) is 5.76 Å². The molecular weight excluding hydrogens is 230 g/mol. The molecule has 1 rings (SSSR count). The van der Waals surface area contributed by atoms with Gasteiger partial charge in [-0.2, -0.15) is 0 Å². The molecule has 6 nitrogen and oxygen atoms in total. The Bertz CT molecular complexity index is 414. The van der Waals surface area contributed by atoms with Crippen LogP contribution in [-0.4, -0.2) is 10.9 Å². The normalized spacial score (nSPS) is 10.8. The van der Waals surface area contributed by atoms with Crippen LogP contribution in [0.1, 0.15) is 12.5 Å². The van der Waals surface area contributed by atoms with E-state index in [-0.39, 0.29) is 5.96 Å². The van der Waals surface area contributed by atoms with Gasteiger partial charge in [0.2, 0.25) is 5.96 Å². The molecular formula is C9H12ClN5O. The van der Waals surface area contributed by atoms with Gasteiger partial charge >= 0.3 is 0 Å². The van der Waals surface area contributed by atoms with Gasteiger partial charge in [-0.15, -0.1) is 10.7 Å². The molecule has 1 aromatic rings. The van der Waals surface area contributed by atoms with Gasteiger partial charge < -0.3 is 16.3 Å². The lowest BCUT2D eigenvalue weighted by atomic mass is 10.2. The molecule has 5 N–H and O–H groups in total. The molecule has 0 saturated heterocycles. The van der Waals surface area contributed by atoms with Crippen molar-refractivity contribution in [1.82, 2.24) is 10.6 Å². The Labute approximate surface area is 97.9 Å². The van der Waals surface area contributed by atoms with Crippen LogP contribution < -0.4 is 17.1 Å². The summed E-state index contributed by atoms with van der Waals surface area (Å²) in [4.78, 5) is 8.86. The van der Waals surface area contributed by atoms with E-state index in [4.69, 9.17) is 27.9 Å². The lowest BCUT2D eigenvalue weighted by molar-refractivity contribution is 0.112. The second kappa shape index (κ2) is 5.82. The highest BCUT2D eigenvalue weighted by atomic mass is 35.5. The summed E-state index contributed by atoms with van der Waals surface area (Å²) in [5, 5.41) is 3.98. The molecule has 0 amide bonds. The fourth-order valence-corrected chi connectivity index (χ4v) is 1.07. The predicted octanol–water partition coefficient (Wildman–Crippen LogP) is 0.805. The number of allylic oxidation sites excluding steroid dienone is 1. The van der Waals surface area contributed by atoms with Gasteiger partial charge in [-0.1, -0.05) is 11.6 Å². The van der Waals surface area contributed by atoms with Crippen LogP contribution in [-0.2, 0) is 4.84 Å². The van der Waals surface area contributed by atoms with E-state index in [1.165, 1.54) is 0 Å². The van der Waals surface area contributed by atoms with Gasteiger partial charge in [-0.05, 0) is 24.6 Å². The van der Waals surface area contributed by atoms with Gasteiger partial charge in [0, 0.05) is 12.4 Å². The largest absolute Gasteiger partial charge is 0.370 e. The number of hydrazone groups is 1. The average Bonchev–Trinajstić information content (AvgIpc) is 2.21. The number of halogens is 1. The molecule has 0 radical (unpaired) electrons. The molecule has 0 saturated carbocycles. The molecule has 0 aliphatic heterocycles. The molecule has 0 spiro atoms. The maximum absolute atomic E-state index is 5.90. The zero-order valence-corrected chi connectivity index (χ0v) is 9.40. The Morgan fingerprint density at radius 3 is 3.00 bits per heavy atom. The molecule has 86 valence electrons. The van der Waals surface area contributed by atoms with E-state index in [1.54, 1.807) is 31.5 Å². The highest BCUT2D eigenvalue weighted by Gasteiger charge is 1.97. The first-order chi connectivity index (χ1) is 7.59. The van der Waals surface area contributed by atoms with Crippen LogP contribution in [0.15, 0.2) is 29.3 Å². The number of guanidine groups is 1. The number of nitrogens with zero attached hydrogens (tertiary/aromatic N) is 2. The van der Waals surface area contributed by atoms with Crippen molar-refractivity contribution in [3.8, 4) is 0 Å². The van der Waals surface area contributed by atoms with Crippen LogP contribution in [0.5, 0.6) is 0 Å². The standard InChI is InChI=1S/C9H12ClN5O/c1-6(16-15-14-9(11)12)4-7-2-3-13-5-8(7)10/h2-5,15H,1H3,(H4,11,12,14)/b6-4+. The van der Waals surface area contributed by atoms with Crippen molar-refractivity contribution in [2.24, 2.45) is 16.6 Å². The maximum atomic E-state index is 5.90. The minimum atomic E-state index is -0.116. The number of aromatic nitrogens is 1. The summed E-state index contributed by atoms with van der Waals surface area (Å²) < 4.78 is 0. The summed E-state index contributed by atoms with van der Waals surface area (Å²) in [7, 11) is 0. The molecule has 0 atom stereocenters. The van der Waals surface area contributed by atoms with Gasteiger partial charge in [0.25, 0.3) is 0 Å². The van der Waals surface area contributed by atoms with Crippen molar-refractivity contribution in [3.63, 3.8) is 0 Å². The smallest absolute Gasteiger partial charge is 0.211 e. The van der Waals surface area contributed by atoms with E-state index in [0.717, 1.165) is 5.56 Å². The van der Waals surface area contributed by atoms with Crippen LogP contribution in [0.2, 0.25) is 5.02 Å². The third-order valence-electron chi connectivity index (χ3n) is 1.54. The number of rotatable bonds is 4. The van der Waals surface area contributed by atoms with Gasteiger partial charge in [-0.3, -0.25) is 4.98 Å². The highest BCUT2D eigenvalue weighted by molar-refractivity contribution is 6.31. The fraction of sp³-hybridized carbons (Fsp3) is 0.111. The number of hydrogen-bond donors (Lipinski definition) is 3. The SMILES string of the molecule is C/C(=C\c1ccncc1Cl)ONN=C(N)N. The second-order valence-corrected chi connectivity index (χ2v) is 3.29. The maximum Gasteiger partial charge on any atom is 0.211 e. The molecule has 1 heterocycles. The second-order valence-electron chi connectivity index (χ2n) is 2.88. The molecule has 0 fully saturated rings. The molecule has 0 bridgehead atoms. The van der Waals surface area contributed by atoms with Gasteiger partial charge in [-0.25, -0.2) is 0 Å². The Morgan fingerprint density at radius 2 is 2.38 bits per heavy atom. The number of nitrogens with one attached hydrogen (secondary N) is 1. The summed E-state index contributed by atoms with van der Waals surface area (Å²) in [6.07, 6.45) is 4.90. The third kappa shape index (κ3) is 4.05. The molecule has 7 heteroatoms. The molecule has 0 aromatic carbocycles. The highest BCUT2D eigenvalue weighted by Crippen LogP contribution is 2.16. The van der Waals surface area contributed by atoms with Crippen LogP contribution in [0, 0.1) is 0 Å². The first kappa shape index (κ1) is 12.1.